The van der Waals surface area contributed by atoms with Crippen LogP contribution in [0.3, 0.4) is 0 Å². The lowest BCUT2D eigenvalue weighted by Crippen LogP contribution is -2.21. The zero-order valence-corrected chi connectivity index (χ0v) is 9.39. The highest BCUT2D eigenvalue weighted by Crippen LogP contribution is 2.08. The zero-order chi connectivity index (χ0) is 12.0. The first-order valence-corrected chi connectivity index (χ1v) is 5.37. The quantitative estimate of drug-likeness (QED) is 0.745. The third-order valence-corrected chi connectivity index (χ3v) is 2.42. The molecule has 0 amide bonds. The molecule has 0 bridgehead atoms. The summed E-state index contributed by atoms with van der Waals surface area (Å²) in [4.78, 5) is 10.3. The highest BCUT2D eigenvalue weighted by Gasteiger charge is 2.00. The summed E-state index contributed by atoms with van der Waals surface area (Å²) in [5, 5.41) is 8.48. The monoisotopic (exact) mass is 219 g/mol. The van der Waals surface area contributed by atoms with Gasteiger partial charge < -0.3 is 10.8 Å². The molecule has 0 saturated heterocycles. The minimum Gasteiger partial charge on any atom is -0.478 e. The van der Waals surface area contributed by atoms with E-state index in [4.69, 9.17) is 10.8 Å². The van der Waals surface area contributed by atoms with Gasteiger partial charge in [-0.1, -0.05) is 31.2 Å². The van der Waals surface area contributed by atoms with Crippen LogP contribution in [0.2, 0.25) is 0 Å². The lowest BCUT2D eigenvalue weighted by molar-refractivity contribution is -0.131. The molecule has 1 atom stereocenters. The van der Waals surface area contributed by atoms with Crippen LogP contribution in [0.15, 0.2) is 30.3 Å². The third-order valence-electron chi connectivity index (χ3n) is 2.42. The fraction of sp³-hybridized carbons (Fsp3) is 0.308. The fourth-order valence-corrected chi connectivity index (χ4v) is 1.38. The van der Waals surface area contributed by atoms with Gasteiger partial charge in [0.05, 0.1) is 0 Å². The number of carboxylic acids is 1. The largest absolute Gasteiger partial charge is 0.478 e. The lowest BCUT2D eigenvalue weighted by atomic mass is 10.0. The molecule has 0 radical (unpaired) electrons. The van der Waals surface area contributed by atoms with Crippen LogP contribution in [-0.4, -0.2) is 17.1 Å². The van der Waals surface area contributed by atoms with Crippen molar-refractivity contribution in [3.05, 3.63) is 41.5 Å². The number of aliphatic carboxylic acids is 1. The Morgan fingerprint density at radius 3 is 2.56 bits per heavy atom. The second-order valence-corrected chi connectivity index (χ2v) is 3.79. The summed E-state index contributed by atoms with van der Waals surface area (Å²) in [5.41, 5.74) is 7.92. The van der Waals surface area contributed by atoms with Crippen LogP contribution >= 0.6 is 0 Å². The third kappa shape index (κ3) is 4.28. The Labute approximate surface area is 95.6 Å². The van der Waals surface area contributed by atoms with Crippen molar-refractivity contribution in [3.8, 4) is 0 Å². The van der Waals surface area contributed by atoms with Crippen molar-refractivity contribution in [1.82, 2.24) is 0 Å². The van der Waals surface area contributed by atoms with Crippen LogP contribution in [-0.2, 0) is 11.2 Å². The van der Waals surface area contributed by atoms with E-state index in [2.05, 4.69) is 6.92 Å². The Bertz CT molecular complexity index is 368. The van der Waals surface area contributed by atoms with E-state index in [0.717, 1.165) is 24.5 Å². The number of hydrogen-bond donors (Lipinski definition) is 2. The first kappa shape index (κ1) is 12.5. The van der Waals surface area contributed by atoms with E-state index in [1.54, 1.807) is 6.08 Å². The van der Waals surface area contributed by atoms with Gasteiger partial charge >= 0.3 is 5.97 Å². The van der Waals surface area contributed by atoms with Gasteiger partial charge in [0.1, 0.15) is 0 Å². The highest BCUT2D eigenvalue weighted by atomic mass is 16.4. The van der Waals surface area contributed by atoms with Gasteiger partial charge in [0.25, 0.3) is 0 Å². The summed E-state index contributed by atoms with van der Waals surface area (Å²) in [5.74, 6) is -0.933. The maximum absolute atomic E-state index is 10.3. The molecule has 0 fully saturated rings. The van der Waals surface area contributed by atoms with Gasteiger partial charge in [-0.2, -0.15) is 0 Å². The number of carboxylic acid groups (broad SMARTS) is 1. The van der Waals surface area contributed by atoms with Gasteiger partial charge in [0.2, 0.25) is 0 Å². The molecule has 0 heterocycles. The Morgan fingerprint density at radius 2 is 2.06 bits per heavy atom. The number of rotatable bonds is 5. The van der Waals surface area contributed by atoms with Crippen molar-refractivity contribution < 1.29 is 9.90 Å². The van der Waals surface area contributed by atoms with Crippen LogP contribution in [0.1, 0.15) is 24.5 Å². The van der Waals surface area contributed by atoms with Gasteiger partial charge in [-0.25, -0.2) is 4.79 Å². The minimum atomic E-state index is -0.933. The molecule has 0 aromatic heterocycles. The number of nitrogens with two attached hydrogens (primary N) is 1. The molecule has 3 N–H and O–H groups in total. The Hall–Kier alpha value is -1.61. The molecule has 16 heavy (non-hydrogen) atoms. The van der Waals surface area contributed by atoms with Crippen molar-refractivity contribution in [2.45, 2.75) is 25.8 Å². The molecule has 3 nitrogen and oxygen atoms in total. The normalized spacial score (nSPS) is 12.9. The van der Waals surface area contributed by atoms with Crippen molar-refractivity contribution in [2.24, 2.45) is 5.73 Å². The van der Waals surface area contributed by atoms with E-state index in [0.29, 0.717) is 0 Å². The smallest absolute Gasteiger partial charge is 0.328 e. The number of benzene rings is 1. The average molecular weight is 219 g/mol. The molecule has 86 valence electrons. The molecule has 0 aliphatic heterocycles. The Kier molecular flexibility index (Phi) is 4.73. The highest BCUT2D eigenvalue weighted by molar-refractivity contribution is 5.85. The van der Waals surface area contributed by atoms with E-state index >= 15 is 0 Å². The molecule has 1 unspecified atom stereocenters. The van der Waals surface area contributed by atoms with Crippen molar-refractivity contribution in [2.75, 3.05) is 0 Å². The first-order valence-electron chi connectivity index (χ1n) is 5.37. The molecule has 1 aromatic carbocycles. The SMILES string of the molecule is CCC(N)Cc1ccc(/C=C/C(=O)O)cc1. The van der Waals surface area contributed by atoms with Gasteiger partial charge in [0.15, 0.2) is 0 Å². The van der Waals surface area contributed by atoms with Crippen LogP contribution in [0, 0.1) is 0 Å². The summed E-state index contributed by atoms with van der Waals surface area (Å²) in [6.45, 7) is 2.06. The summed E-state index contributed by atoms with van der Waals surface area (Å²) in [6.07, 6.45) is 4.53. The van der Waals surface area contributed by atoms with Gasteiger partial charge in [-0.15, -0.1) is 0 Å². The van der Waals surface area contributed by atoms with E-state index < -0.39 is 5.97 Å². The number of carbonyl (C=O) groups is 1. The maximum atomic E-state index is 10.3. The molecule has 3 heteroatoms. The van der Waals surface area contributed by atoms with Crippen LogP contribution < -0.4 is 5.73 Å². The van der Waals surface area contributed by atoms with Gasteiger partial charge in [-0.3, -0.25) is 0 Å². The number of hydrogen-bond acceptors (Lipinski definition) is 2. The molecule has 0 spiro atoms. The molecular weight excluding hydrogens is 202 g/mol. The van der Waals surface area contributed by atoms with E-state index in [1.165, 1.54) is 5.56 Å². The Morgan fingerprint density at radius 1 is 1.44 bits per heavy atom. The van der Waals surface area contributed by atoms with Crippen molar-refractivity contribution >= 4 is 12.0 Å². The summed E-state index contributed by atoms with van der Waals surface area (Å²) in [6, 6.07) is 7.96. The predicted molar refractivity (Wildman–Crippen MR) is 65.1 cm³/mol. The molecule has 1 rings (SSSR count). The van der Waals surface area contributed by atoms with E-state index in [-0.39, 0.29) is 6.04 Å². The molecule has 0 saturated carbocycles. The average Bonchev–Trinajstić information content (AvgIpc) is 2.28. The van der Waals surface area contributed by atoms with Gasteiger partial charge in [-0.05, 0) is 30.0 Å². The predicted octanol–water partition coefficient (Wildman–Crippen LogP) is 2.06. The standard InChI is InChI=1S/C13H17NO2/c1-2-12(14)9-11-5-3-10(4-6-11)7-8-13(15)16/h3-8,12H,2,9,14H2,1H3,(H,15,16)/b8-7+. The van der Waals surface area contributed by atoms with Crippen LogP contribution in [0.25, 0.3) is 6.08 Å². The minimum absolute atomic E-state index is 0.195. The second kappa shape index (κ2) is 6.08. The Balaban J connectivity index is 2.64. The zero-order valence-electron chi connectivity index (χ0n) is 9.39. The second-order valence-electron chi connectivity index (χ2n) is 3.79. The first-order chi connectivity index (χ1) is 7.61. The lowest BCUT2D eigenvalue weighted by Gasteiger charge is -2.08. The molecule has 1 aromatic rings. The van der Waals surface area contributed by atoms with E-state index in [1.807, 2.05) is 24.3 Å². The van der Waals surface area contributed by atoms with Crippen LogP contribution in [0.4, 0.5) is 0 Å². The fourth-order valence-electron chi connectivity index (χ4n) is 1.38. The molecular formula is C13H17NO2. The summed E-state index contributed by atoms with van der Waals surface area (Å²) < 4.78 is 0. The molecule has 0 aliphatic rings. The van der Waals surface area contributed by atoms with Crippen molar-refractivity contribution in [3.63, 3.8) is 0 Å². The van der Waals surface area contributed by atoms with E-state index in [9.17, 15) is 4.79 Å². The topological polar surface area (TPSA) is 63.3 Å². The van der Waals surface area contributed by atoms with Gasteiger partial charge in [0, 0.05) is 12.1 Å². The van der Waals surface area contributed by atoms with Crippen LogP contribution in [0.5, 0.6) is 0 Å². The summed E-state index contributed by atoms with van der Waals surface area (Å²) in [7, 11) is 0. The van der Waals surface area contributed by atoms with Crippen molar-refractivity contribution in [1.29, 1.82) is 0 Å². The maximum Gasteiger partial charge on any atom is 0.328 e. The molecule has 0 aliphatic carbocycles. The summed E-state index contributed by atoms with van der Waals surface area (Å²) >= 11 is 0.